The SMILES string of the molecule is Nc1ccc2c(c1)nc(-c1nonc1N)n2C1CCC1. The van der Waals surface area contributed by atoms with E-state index in [-0.39, 0.29) is 5.82 Å². The topological polar surface area (TPSA) is 109 Å². The molecule has 0 radical (unpaired) electrons. The monoisotopic (exact) mass is 270 g/mol. The molecule has 1 fully saturated rings. The van der Waals surface area contributed by atoms with Gasteiger partial charge in [-0.15, -0.1) is 0 Å². The van der Waals surface area contributed by atoms with Crippen LogP contribution in [0, 0.1) is 0 Å². The summed E-state index contributed by atoms with van der Waals surface area (Å²) in [6.07, 6.45) is 3.49. The standard InChI is InChI=1S/C13H14N6O/c14-7-4-5-10-9(6-7)16-13(11-12(15)18-20-17-11)19(10)8-2-1-3-8/h4-6,8H,1-3,14H2,(H2,15,18). The van der Waals surface area contributed by atoms with Crippen molar-refractivity contribution in [3.05, 3.63) is 18.2 Å². The molecule has 7 heteroatoms. The van der Waals surface area contributed by atoms with Gasteiger partial charge in [0.05, 0.1) is 11.0 Å². The first-order valence-corrected chi connectivity index (χ1v) is 6.60. The van der Waals surface area contributed by atoms with Crippen molar-refractivity contribution in [2.24, 2.45) is 0 Å². The lowest BCUT2D eigenvalue weighted by atomic mass is 9.92. The average Bonchev–Trinajstić information content (AvgIpc) is 2.91. The quantitative estimate of drug-likeness (QED) is 0.689. The molecule has 0 amide bonds. The average molecular weight is 270 g/mol. The Labute approximate surface area is 114 Å². The normalized spacial score (nSPS) is 15.6. The van der Waals surface area contributed by atoms with Crippen molar-refractivity contribution in [3.8, 4) is 11.5 Å². The maximum absolute atomic E-state index is 5.83. The lowest BCUT2D eigenvalue weighted by molar-refractivity contribution is 0.307. The number of imidazole rings is 1. The summed E-state index contributed by atoms with van der Waals surface area (Å²) >= 11 is 0. The molecule has 1 aromatic carbocycles. The van der Waals surface area contributed by atoms with Crippen LogP contribution in [0.4, 0.5) is 11.5 Å². The molecular weight excluding hydrogens is 256 g/mol. The highest BCUT2D eigenvalue weighted by atomic mass is 16.6. The number of hydrogen-bond donors (Lipinski definition) is 2. The number of hydrogen-bond acceptors (Lipinski definition) is 6. The Morgan fingerprint density at radius 1 is 1.20 bits per heavy atom. The number of anilines is 2. The summed E-state index contributed by atoms with van der Waals surface area (Å²) in [5, 5.41) is 7.52. The lowest BCUT2D eigenvalue weighted by Gasteiger charge is -2.28. The summed E-state index contributed by atoms with van der Waals surface area (Å²) in [6, 6.07) is 6.16. The molecule has 0 saturated heterocycles. The van der Waals surface area contributed by atoms with E-state index in [1.165, 1.54) is 6.42 Å². The number of rotatable bonds is 2. The zero-order valence-corrected chi connectivity index (χ0v) is 10.8. The fourth-order valence-electron chi connectivity index (χ4n) is 2.65. The van der Waals surface area contributed by atoms with Gasteiger partial charge in [-0.1, -0.05) is 0 Å². The van der Waals surface area contributed by atoms with Gasteiger partial charge in [-0.3, -0.25) is 0 Å². The minimum Gasteiger partial charge on any atom is -0.399 e. The minimum absolute atomic E-state index is 0.258. The van der Waals surface area contributed by atoms with Crippen molar-refractivity contribution in [2.75, 3.05) is 11.5 Å². The third-order valence-corrected chi connectivity index (χ3v) is 3.88. The molecule has 4 N–H and O–H groups in total. The Balaban J connectivity index is 2.01. The first kappa shape index (κ1) is 11.3. The summed E-state index contributed by atoms with van der Waals surface area (Å²) in [6.45, 7) is 0. The predicted molar refractivity (Wildman–Crippen MR) is 74.7 cm³/mol. The molecule has 4 rings (SSSR count). The molecular formula is C13H14N6O. The van der Waals surface area contributed by atoms with Gasteiger partial charge in [0.25, 0.3) is 0 Å². The second-order valence-electron chi connectivity index (χ2n) is 5.14. The molecule has 0 bridgehead atoms. The molecule has 0 aliphatic heterocycles. The van der Waals surface area contributed by atoms with Crippen LogP contribution in [0.15, 0.2) is 22.8 Å². The number of fused-ring (bicyclic) bond motifs is 1. The molecule has 102 valence electrons. The second-order valence-corrected chi connectivity index (χ2v) is 5.14. The van der Waals surface area contributed by atoms with Crippen molar-refractivity contribution in [2.45, 2.75) is 25.3 Å². The zero-order valence-electron chi connectivity index (χ0n) is 10.8. The highest BCUT2D eigenvalue weighted by Gasteiger charge is 2.27. The third-order valence-electron chi connectivity index (χ3n) is 3.88. The Kier molecular flexibility index (Phi) is 2.23. The van der Waals surface area contributed by atoms with Gasteiger partial charge in [0.15, 0.2) is 17.3 Å². The van der Waals surface area contributed by atoms with E-state index in [4.69, 9.17) is 16.1 Å². The molecule has 1 saturated carbocycles. The van der Waals surface area contributed by atoms with Gasteiger partial charge in [0, 0.05) is 11.7 Å². The number of nitrogen functional groups attached to an aromatic ring is 2. The molecule has 1 aliphatic carbocycles. The van der Waals surface area contributed by atoms with Crippen LogP contribution in [0.5, 0.6) is 0 Å². The first-order valence-electron chi connectivity index (χ1n) is 6.60. The van der Waals surface area contributed by atoms with Crippen LogP contribution in [0.1, 0.15) is 25.3 Å². The molecule has 0 spiro atoms. The fraction of sp³-hybridized carbons (Fsp3) is 0.308. The summed E-state index contributed by atoms with van der Waals surface area (Å²) in [5.74, 6) is 0.961. The van der Waals surface area contributed by atoms with Crippen LogP contribution < -0.4 is 11.5 Å². The predicted octanol–water partition coefficient (Wildman–Crippen LogP) is 1.98. The molecule has 2 heterocycles. The van der Waals surface area contributed by atoms with Gasteiger partial charge in [-0.2, -0.15) is 0 Å². The summed E-state index contributed by atoms with van der Waals surface area (Å²) in [7, 11) is 0. The van der Waals surface area contributed by atoms with E-state index in [0.717, 1.165) is 23.9 Å². The maximum Gasteiger partial charge on any atom is 0.199 e. The molecule has 2 aromatic heterocycles. The zero-order chi connectivity index (χ0) is 13.7. The third kappa shape index (κ3) is 1.49. The number of nitrogens with two attached hydrogens (primary N) is 2. The largest absolute Gasteiger partial charge is 0.399 e. The molecule has 0 unspecified atom stereocenters. The smallest absolute Gasteiger partial charge is 0.199 e. The van der Waals surface area contributed by atoms with Gasteiger partial charge >= 0.3 is 0 Å². The van der Waals surface area contributed by atoms with Crippen LogP contribution in [0.25, 0.3) is 22.6 Å². The van der Waals surface area contributed by atoms with Crippen LogP contribution in [-0.2, 0) is 0 Å². The minimum atomic E-state index is 0.258. The van der Waals surface area contributed by atoms with Crippen LogP contribution in [-0.4, -0.2) is 19.9 Å². The summed E-state index contributed by atoms with van der Waals surface area (Å²) < 4.78 is 6.88. The van der Waals surface area contributed by atoms with Crippen LogP contribution in [0.2, 0.25) is 0 Å². The molecule has 1 aliphatic rings. The highest BCUT2D eigenvalue weighted by molar-refractivity contribution is 5.84. The van der Waals surface area contributed by atoms with E-state index in [1.807, 2.05) is 18.2 Å². The van der Waals surface area contributed by atoms with Crippen LogP contribution >= 0.6 is 0 Å². The van der Waals surface area contributed by atoms with Gasteiger partial charge in [0.2, 0.25) is 0 Å². The van der Waals surface area contributed by atoms with Crippen molar-refractivity contribution in [1.82, 2.24) is 19.9 Å². The van der Waals surface area contributed by atoms with Crippen LogP contribution in [0.3, 0.4) is 0 Å². The number of nitrogens with zero attached hydrogens (tertiary/aromatic N) is 4. The molecule has 20 heavy (non-hydrogen) atoms. The van der Waals surface area contributed by atoms with Crippen molar-refractivity contribution >= 4 is 22.5 Å². The molecule has 3 aromatic rings. The van der Waals surface area contributed by atoms with Gasteiger partial charge in [-0.05, 0) is 47.8 Å². The summed E-state index contributed by atoms with van der Waals surface area (Å²) in [5.41, 5.74) is 14.7. The van der Waals surface area contributed by atoms with Gasteiger partial charge in [0.1, 0.15) is 0 Å². The van der Waals surface area contributed by atoms with Crippen molar-refractivity contribution in [3.63, 3.8) is 0 Å². The Morgan fingerprint density at radius 2 is 2.05 bits per heavy atom. The van der Waals surface area contributed by atoms with Gasteiger partial charge < -0.3 is 16.0 Å². The summed E-state index contributed by atoms with van der Waals surface area (Å²) in [4.78, 5) is 4.62. The van der Waals surface area contributed by atoms with Crippen molar-refractivity contribution < 1.29 is 4.63 Å². The highest BCUT2D eigenvalue weighted by Crippen LogP contribution is 2.39. The number of benzene rings is 1. The Bertz CT molecular complexity index is 785. The first-order chi connectivity index (χ1) is 9.74. The lowest BCUT2D eigenvalue weighted by Crippen LogP contribution is -2.18. The van der Waals surface area contributed by atoms with E-state index in [2.05, 4.69) is 19.9 Å². The molecule has 7 nitrogen and oxygen atoms in total. The van der Waals surface area contributed by atoms with E-state index in [9.17, 15) is 0 Å². The van der Waals surface area contributed by atoms with Gasteiger partial charge in [-0.25, -0.2) is 9.61 Å². The molecule has 0 atom stereocenters. The van der Waals surface area contributed by atoms with E-state index < -0.39 is 0 Å². The Morgan fingerprint density at radius 3 is 2.70 bits per heavy atom. The van der Waals surface area contributed by atoms with E-state index in [0.29, 0.717) is 23.2 Å². The van der Waals surface area contributed by atoms with E-state index >= 15 is 0 Å². The van der Waals surface area contributed by atoms with Crippen molar-refractivity contribution in [1.29, 1.82) is 0 Å². The number of aromatic nitrogens is 4. The Hall–Kier alpha value is -2.57. The van der Waals surface area contributed by atoms with E-state index in [1.54, 1.807) is 0 Å². The maximum atomic E-state index is 5.83. The second kappa shape index (κ2) is 3.96. The fourth-order valence-corrected chi connectivity index (χ4v) is 2.65.